The van der Waals surface area contributed by atoms with Crippen LogP contribution in [0, 0.1) is 0 Å². The largest absolute Gasteiger partial charge is 0.301 e. The van der Waals surface area contributed by atoms with Gasteiger partial charge < -0.3 is 4.90 Å². The van der Waals surface area contributed by atoms with Crippen LogP contribution in [0.4, 0.5) is 0 Å². The zero-order valence-electron chi connectivity index (χ0n) is 14.6. The second kappa shape index (κ2) is 14.1. The molecule has 2 nitrogen and oxygen atoms in total. The normalized spacial score (nSPS) is 23.4. The van der Waals surface area contributed by atoms with Crippen molar-refractivity contribution in [2.45, 2.75) is 84.2 Å². The van der Waals surface area contributed by atoms with Gasteiger partial charge >= 0.3 is 0 Å². The highest BCUT2D eigenvalue weighted by Crippen LogP contribution is 2.15. The Morgan fingerprint density at radius 1 is 0.762 bits per heavy atom. The number of rotatable bonds is 9. The number of hydrogen-bond donors (Lipinski definition) is 0. The summed E-state index contributed by atoms with van der Waals surface area (Å²) in [7, 11) is 2.26. The van der Waals surface area contributed by atoms with Gasteiger partial charge in [0.25, 0.3) is 0 Å². The van der Waals surface area contributed by atoms with Gasteiger partial charge in [-0.15, -0.1) is 24.8 Å². The van der Waals surface area contributed by atoms with Crippen molar-refractivity contribution < 1.29 is 0 Å². The van der Waals surface area contributed by atoms with Gasteiger partial charge in [-0.05, 0) is 33.9 Å². The van der Waals surface area contributed by atoms with Crippen molar-refractivity contribution in [1.29, 1.82) is 0 Å². The Labute approximate surface area is 145 Å². The summed E-state index contributed by atoms with van der Waals surface area (Å²) in [5.74, 6) is 0. The molecule has 1 rings (SSSR count). The second-order valence-electron chi connectivity index (χ2n) is 6.61. The van der Waals surface area contributed by atoms with Gasteiger partial charge in [0, 0.05) is 25.2 Å². The van der Waals surface area contributed by atoms with Crippen molar-refractivity contribution in [3.05, 3.63) is 0 Å². The quantitative estimate of drug-likeness (QED) is 0.545. The van der Waals surface area contributed by atoms with Crippen molar-refractivity contribution in [2.24, 2.45) is 0 Å². The first kappa shape index (κ1) is 23.8. The molecular formula is C17H38Cl2N2. The maximum Gasteiger partial charge on any atom is 0.0195 e. The second-order valence-corrected chi connectivity index (χ2v) is 6.61. The summed E-state index contributed by atoms with van der Waals surface area (Å²) in [6, 6.07) is 1.47. The van der Waals surface area contributed by atoms with Crippen molar-refractivity contribution in [3.8, 4) is 0 Å². The summed E-state index contributed by atoms with van der Waals surface area (Å²) in [6.45, 7) is 10.8. The first-order valence-corrected chi connectivity index (χ1v) is 8.59. The maximum absolute atomic E-state index is 2.70. The molecule has 0 aromatic carbocycles. The molecule has 1 saturated heterocycles. The summed E-state index contributed by atoms with van der Waals surface area (Å²) >= 11 is 0. The molecule has 0 aromatic heterocycles. The summed E-state index contributed by atoms with van der Waals surface area (Å²) in [5.41, 5.74) is 0. The molecule has 0 saturated carbocycles. The van der Waals surface area contributed by atoms with Gasteiger partial charge in [-0.3, -0.25) is 4.90 Å². The van der Waals surface area contributed by atoms with Gasteiger partial charge in [0.05, 0.1) is 0 Å². The minimum absolute atomic E-state index is 0. The third-order valence-electron chi connectivity index (χ3n) is 4.73. The summed E-state index contributed by atoms with van der Waals surface area (Å²) in [5, 5.41) is 0. The van der Waals surface area contributed by atoms with E-state index in [9.17, 15) is 0 Å². The Hall–Kier alpha value is 0.500. The molecule has 1 fully saturated rings. The zero-order valence-corrected chi connectivity index (χ0v) is 16.3. The molecule has 0 aliphatic carbocycles. The Balaban J connectivity index is 0. The Bertz CT molecular complexity index is 227. The zero-order chi connectivity index (χ0) is 14.1. The number of nitrogens with zero attached hydrogens (tertiary/aromatic N) is 2. The smallest absolute Gasteiger partial charge is 0.0195 e. The first-order chi connectivity index (χ1) is 9.15. The van der Waals surface area contributed by atoms with Crippen LogP contribution in [0.25, 0.3) is 0 Å². The van der Waals surface area contributed by atoms with Crippen molar-refractivity contribution in [3.63, 3.8) is 0 Å². The molecule has 0 aromatic rings. The Morgan fingerprint density at radius 3 is 1.86 bits per heavy atom. The van der Waals surface area contributed by atoms with Gasteiger partial charge in [-0.2, -0.15) is 0 Å². The van der Waals surface area contributed by atoms with E-state index in [1.54, 1.807) is 0 Å². The van der Waals surface area contributed by atoms with Crippen molar-refractivity contribution in [2.75, 3.05) is 26.7 Å². The molecule has 21 heavy (non-hydrogen) atoms. The van der Waals surface area contributed by atoms with E-state index >= 15 is 0 Å². The van der Waals surface area contributed by atoms with Crippen LogP contribution in [0.2, 0.25) is 0 Å². The SMILES string of the molecule is CCCCCCCCCCN1CC(C)N(C)CC1C.Cl.Cl. The molecule has 2 unspecified atom stereocenters. The molecule has 2 atom stereocenters. The Kier molecular flexibility index (Phi) is 16.0. The molecule has 0 radical (unpaired) electrons. The van der Waals surface area contributed by atoms with Crippen LogP contribution in [-0.4, -0.2) is 48.6 Å². The fourth-order valence-corrected chi connectivity index (χ4v) is 3.13. The summed E-state index contributed by atoms with van der Waals surface area (Å²) < 4.78 is 0. The Morgan fingerprint density at radius 2 is 1.29 bits per heavy atom. The highest BCUT2D eigenvalue weighted by atomic mass is 35.5. The minimum Gasteiger partial charge on any atom is -0.301 e. The van der Waals surface area contributed by atoms with Gasteiger partial charge in [-0.1, -0.05) is 51.9 Å². The molecule has 4 heteroatoms. The van der Waals surface area contributed by atoms with E-state index < -0.39 is 0 Å². The van der Waals surface area contributed by atoms with Crippen LogP contribution in [0.15, 0.2) is 0 Å². The molecule has 1 heterocycles. The lowest BCUT2D eigenvalue weighted by molar-refractivity contribution is 0.0588. The average molecular weight is 341 g/mol. The number of hydrogen-bond acceptors (Lipinski definition) is 2. The van der Waals surface area contributed by atoms with Crippen LogP contribution in [-0.2, 0) is 0 Å². The molecule has 130 valence electrons. The van der Waals surface area contributed by atoms with Crippen LogP contribution < -0.4 is 0 Å². The van der Waals surface area contributed by atoms with Crippen LogP contribution in [0.5, 0.6) is 0 Å². The molecular weight excluding hydrogens is 303 g/mol. The fraction of sp³-hybridized carbons (Fsp3) is 1.00. The van der Waals surface area contributed by atoms with E-state index in [1.807, 2.05) is 0 Å². The summed E-state index contributed by atoms with van der Waals surface area (Å²) in [6.07, 6.45) is 11.4. The number of halogens is 2. The minimum atomic E-state index is 0. The van der Waals surface area contributed by atoms with E-state index in [0.717, 1.165) is 12.1 Å². The third-order valence-corrected chi connectivity index (χ3v) is 4.73. The topological polar surface area (TPSA) is 6.48 Å². The number of likely N-dealkylation sites (N-methyl/N-ethyl adjacent to an activating group) is 1. The lowest BCUT2D eigenvalue weighted by Crippen LogP contribution is -2.54. The molecule has 1 aliphatic rings. The van der Waals surface area contributed by atoms with E-state index in [4.69, 9.17) is 0 Å². The van der Waals surface area contributed by atoms with Crippen molar-refractivity contribution >= 4 is 24.8 Å². The van der Waals surface area contributed by atoms with Gasteiger partial charge in [0.1, 0.15) is 0 Å². The lowest BCUT2D eigenvalue weighted by atomic mass is 10.1. The number of piperazine rings is 1. The number of unbranched alkanes of at least 4 members (excludes halogenated alkanes) is 7. The van der Waals surface area contributed by atoms with Gasteiger partial charge in [0.2, 0.25) is 0 Å². The highest BCUT2D eigenvalue weighted by Gasteiger charge is 2.25. The predicted molar refractivity (Wildman–Crippen MR) is 100 cm³/mol. The standard InChI is InChI=1S/C17H36N2.2ClH/c1-5-6-7-8-9-10-11-12-13-19-15-16(2)18(4)14-17(19)3;;/h16-17H,5-15H2,1-4H3;2*1H. The first-order valence-electron chi connectivity index (χ1n) is 8.59. The van der Waals surface area contributed by atoms with Crippen molar-refractivity contribution in [1.82, 2.24) is 9.80 Å². The molecule has 1 aliphatic heterocycles. The van der Waals surface area contributed by atoms with Gasteiger partial charge in [0.15, 0.2) is 0 Å². The van der Waals surface area contributed by atoms with Crippen LogP contribution in [0.1, 0.15) is 72.1 Å². The summed E-state index contributed by atoms with van der Waals surface area (Å²) in [4.78, 5) is 5.19. The van der Waals surface area contributed by atoms with E-state index in [1.165, 1.54) is 71.0 Å². The average Bonchev–Trinajstić information content (AvgIpc) is 2.38. The molecule has 0 amide bonds. The fourth-order valence-electron chi connectivity index (χ4n) is 3.13. The molecule has 0 N–H and O–H groups in total. The molecule has 0 bridgehead atoms. The third kappa shape index (κ3) is 9.99. The van der Waals surface area contributed by atoms with Crippen LogP contribution in [0.3, 0.4) is 0 Å². The van der Waals surface area contributed by atoms with Crippen LogP contribution >= 0.6 is 24.8 Å². The highest BCUT2D eigenvalue weighted by molar-refractivity contribution is 5.85. The van der Waals surface area contributed by atoms with E-state index in [0.29, 0.717) is 0 Å². The molecule has 0 spiro atoms. The maximum atomic E-state index is 2.70. The monoisotopic (exact) mass is 340 g/mol. The lowest BCUT2D eigenvalue weighted by Gasteiger charge is -2.42. The van der Waals surface area contributed by atoms with E-state index in [-0.39, 0.29) is 24.8 Å². The van der Waals surface area contributed by atoms with Gasteiger partial charge in [-0.25, -0.2) is 0 Å². The predicted octanol–water partition coefficient (Wildman–Crippen LogP) is 5.00. The van der Waals surface area contributed by atoms with E-state index in [2.05, 4.69) is 37.6 Å².